The quantitative estimate of drug-likeness (QED) is 0.852. The number of carbonyl (C=O) groups excluding carboxylic acids is 1. The molecule has 1 aliphatic heterocycles. The molecule has 1 unspecified atom stereocenters. The Balaban J connectivity index is 1.90. The highest BCUT2D eigenvalue weighted by Gasteiger charge is 2.37. The van der Waals surface area contributed by atoms with Crippen molar-refractivity contribution in [3.05, 3.63) is 46.8 Å². The fourth-order valence-electron chi connectivity index (χ4n) is 2.54. The summed E-state index contributed by atoms with van der Waals surface area (Å²) >= 11 is 0. The van der Waals surface area contributed by atoms with E-state index in [9.17, 15) is 9.59 Å². The lowest BCUT2D eigenvalue weighted by Crippen LogP contribution is -2.32. The predicted octanol–water partition coefficient (Wildman–Crippen LogP) is 2.11. The molecule has 1 amide bonds. The van der Waals surface area contributed by atoms with Crippen LogP contribution in [0.25, 0.3) is 0 Å². The fraction of sp³-hybridized carbons (Fsp3) is 0.438. The topological polar surface area (TPSA) is 68.3 Å². The Hall–Kier alpha value is -2.37. The van der Waals surface area contributed by atoms with Gasteiger partial charge in [-0.1, -0.05) is 39.0 Å². The fourth-order valence-corrected chi connectivity index (χ4v) is 2.54. The minimum absolute atomic E-state index is 0.123. The van der Waals surface area contributed by atoms with Crippen LogP contribution >= 0.6 is 0 Å². The molecule has 1 aromatic carbocycles. The molecule has 1 aliphatic rings. The van der Waals surface area contributed by atoms with Gasteiger partial charge in [0, 0.05) is 17.6 Å². The van der Waals surface area contributed by atoms with E-state index >= 15 is 0 Å². The summed E-state index contributed by atoms with van der Waals surface area (Å²) in [6.45, 7) is 6.30. The van der Waals surface area contributed by atoms with Crippen molar-refractivity contribution in [3.63, 3.8) is 0 Å². The van der Waals surface area contributed by atoms with Crippen molar-refractivity contribution >= 4 is 11.6 Å². The van der Waals surface area contributed by atoms with E-state index < -0.39 is 11.8 Å². The lowest BCUT2D eigenvalue weighted by atomic mass is 9.97. The molecule has 22 heavy (non-hydrogen) atoms. The number of hydrogen-bond acceptors (Lipinski definition) is 4. The van der Waals surface area contributed by atoms with Gasteiger partial charge in [0.05, 0.1) is 0 Å². The smallest absolute Gasteiger partial charge is 0.392 e. The molecule has 6 heteroatoms. The zero-order chi connectivity index (χ0) is 15.9. The number of amides is 1. The first-order valence-electron chi connectivity index (χ1n) is 7.34. The average molecular weight is 301 g/mol. The largest absolute Gasteiger partial charge is 0.437 e. The lowest BCUT2D eigenvalue weighted by molar-refractivity contribution is -0.120. The summed E-state index contributed by atoms with van der Waals surface area (Å²) in [4.78, 5) is 26.3. The number of rotatable bonds is 2. The molecule has 0 N–H and O–H groups in total. The Morgan fingerprint density at radius 2 is 1.86 bits per heavy atom. The van der Waals surface area contributed by atoms with Gasteiger partial charge in [-0.05, 0) is 18.6 Å². The van der Waals surface area contributed by atoms with Crippen LogP contribution in [0.2, 0.25) is 0 Å². The first-order chi connectivity index (χ1) is 10.4. The summed E-state index contributed by atoms with van der Waals surface area (Å²) < 4.78 is 6.39. The first-order valence-corrected chi connectivity index (χ1v) is 7.34. The summed E-state index contributed by atoms with van der Waals surface area (Å²) in [6.07, 6.45) is 0.545. The van der Waals surface area contributed by atoms with E-state index in [1.807, 2.05) is 51.1 Å². The third-order valence-corrected chi connectivity index (χ3v) is 3.75. The van der Waals surface area contributed by atoms with Crippen molar-refractivity contribution < 1.29 is 9.21 Å². The van der Waals surface area contributed by atoms with Crippen LogP contribution < -0.4 is 10.7 Å². The Kier molecular flexibility index (Phi) is 3.39. The number of benzene rings is 1. The third kappa shape index (κ3) is 2.45. The van der Waals surface area contributed by atoms with Crippen LogP contribution in [0.15, 0.2) is 39.5 Å². The van der Waals surface area contributed by atoms with Crippen molar-refractivity contribution in [3.8, 4) is 0 Å². The van der Waals surface area contributed by atoms with Gasteiger partial charge < -0.3 is 9.32 Å². The van der Waals surface area contributed by atoms with Crippen LogP contribution in [0.4, 0.5) is 5.69 Å². The summed E-state index contributed by atoms with van der Waals surface area (Å²) in [6, 6.07) is 8.84. The molecule has 2 heterocycles. The second-order valence-electron chi connectivity index (χ2n) is 6.50. The normalized spacial score (nSPS) is 19.0. The standard InChI is InChI=1S/C16H19N3O3/c1-16(2,3)14-17-19(15(21)22-14)12-9-10-18(13(12)20)11-7-5-4-6-8-11/h4-8,12H,9-10H2,1-3H3. The van der Waals surface area contributed by atoms with E-state index in [1.165, 1.54) is 4.68 Å². The van der Waals surface area contributed by atoms with E-state index in [0.29, 0.717) is 18.9 Å². The summed E-state index contributed by atoms with van der Waals surface area (Å²) in [5.74, 6) is -0.344. The van der Waals surface area contributed by atoms with Gasteiger partial charge in [-0.2, -0.15) is 4.68 Å². The Labute approximate surface area is 128 Å². The zero-order valence-corrected chi connectivity index (χ0v) is 12.9. The maximum absolute atomic E-state index is 12.6. The molecule has 1 saturated heterocycles. The average Bonchev–Trinajstić information content (AvgIpc) is 3.02. The van der Waals surface area contributed by atoms with Crippen molar-refractivity contribution in [2.45, 2.75) is 38.6 Å². The van der Waals surface area contributed by atoms with Gasteiger partial charge in [-0.15, -0.1) is 5.10 Å². The van der Waals surface area contributed by atoms with Crippen LogP contribution in [0.1, 0.15) is 39.1 Å². The van der Waals surface area contributed by atoms with Crippen LogP contribution in [0.5, 0.6) is 0 Å². The van der Waals surface area contributed by atoms with E-state index in [-0.39, 0.29) is 11.3 Å². The molecule has 2 aromatic rings. The van der Waals surface area contributed by atoms with Crippen LogP contribution in [-0.4, -0.2) is 22.2 Å². The summed E-state index contributed by atoms with van der Waals surface area (Å²) in [5, 5.41) is 4.23. The third-order valence-electron chi connectivity index (χ3n) is 3.75. The van der Waals surface area contributed by atoms with Crippen molar-refractivity contribution in [2.75, 3.05) is 11.4 Å². The minimum atomic E-state index is -0.590. The zero-order valence-electron chi connectivity index (χ0n) is 12.9. The molecule has 6 nitrogen and oxygen atoms in total. The van der Waals surface area contributed by atoms with Crippen LogP contribution in [0, 0.1) is 0 Å². The molecule has 1 fully saturated rings. The van der Waals surface area contributed by atoms with Gasteiger partial charge in [-0.25, -0.2) is 4.79 Å². The van der Waals surface area contributed by atoms with Gasteiger partial charge in [0.1, 0.15) is 6.04 Å². The highest BCUT2D eigenvalue weighted by Crippen LogP contribution is 2.28. The van der Waals surface area contributed by atoms with Gasteiger partial charge in [0.2, 0.25) is 5.89 Å². The Morgan fingerprint density at radius 1 is 1.18 bits per heavy atom. The summed E-state index contributed by atoms with van der Waals surface area (Å²) in [5.41, 5.74) is 0.466. The Morgan fingerprint density at radius 3 is 2.45 bits per heavy atom. The highest BCUT2D eigenvalue weighted by atomic mass is 16.4. The number of para-hydroxylation sites is 1. The van der Waals surface area contributed by atoms with E-state index in [4.69, 9.17) is 4.42 Å². The molecule has 0 saturated carbocycles. The van der Waals surface area contributed by atoms with E-state index in [2.05, 4.69) is 5.10 Å². The second-order valence-corrected chi connectivity index (χ2v) is 6.50. The van der Waals surface area contributed by atoms with Crippen molar-refractivity contribution in [1.82, 2.24) is 9.78 Å². The molecule has 0 radical (unpaired) electrons. The van der Waals surface area contributed by atoms with Crippen molar-refractivity contribution in [2.24, 2.45) is 0 Å². The van der Waals surface area contributed by atoms with Gasteiger partial charge in [-0.3, -0.25) is 4.79 Å². The SMILES string of the molecule is CC(C)(C)c1nn(C2CCN(c3ccccc3)C2=O)c(=O)o1. The first kappa shape index (κ1) is 14.6. The summed E-state index contributed by atoms with van der Waals surface area (Å²) in [7, 11) is 0. The number of carbonyl (C=O) groups is 1. The predicted molar refractivity (Wildman–Crippen MR) is 81.9 cm³/mol. The number of anilines is 1. The highest BCUT2D eigenvalue weighted by molar-refractivity contribution is 5.98. The van der Waals surface area contributed by atoms with Gasteiger partial charge in [0.15, 0.2) is 0 Å². The van der Waals surface area contributed by atoms with Crippen LogP contribution in [-0.2, 0) is 10.2 Å². The maximum Gasteiger partial charge on any atom is 0.437 e. The number of hydrogen-bond donors (Lipinski definition) is 0. The minimum Gasteiger partial charge on any atom is -0.392 e. The molecule has 3 rings (SSSR count). The molecule has 0 spiro atoms. The van der Waals surface area contributed by atoms with Gasteiger partial charge in [0.25, 0.3) is 5.91 Å². The van der Waals surface area contributed by atoms with Crippen molar-refractivity contribution in [1.29, 1.82) is 0 Å². The molecular weight excluding hydrogens is 282 g/mol. The molecule has 0 aliphatic carbocycles. The van der Waals surface area contributed by atoms with E-state index in [0.717, 1.165) is 5.69 Å². The molecule has 0 bridgehead atoms. The maximum atomic E-state index is 12.6. The number of nitrogens with zero attached hydrogens (tertiary/aromatic N) is 3. The molecule has 116 valence electrons. The van der Waals surface area contributed by atoms with Gasteiger partial charge >= 0.3 is 5.76 Å². The molecular formula is C16H19N3O3. The van der Waals surface area contributed by atoms with E-state index in [1.54, 1.807) is 4.90 Å². The van der Waals surface area contributed by atoms with Crippen LogP contribution in [0.3, 0.4) is 0 Å². The monoisotopic (exact) mass is 301 g/mol. The Bertz CT molecular complexity index is 740. The second kappa shape index (κ2) is 5.12. The molecule has 1 atom stereocenters. The lowest BCUT2D eigenvalue weighted by Gasteiger charge is -2.16. The molecule has 1 aromatic heterocycles. The number of aromatic nitrogens is 2.